The number of hydrogen-bond acceptors (Lipinski definition) is 1. The summed E-state index contributed by atoms with van der Waals surface area (Å²) in [5.41, 5.74) is 21.4. The molecular formula is C58H45N. The molecule has 0 N–H and O–H groups in total. The lowest BCUT2D eigenvalue weighted by Crippen LogP contribution is -2.15. The second-order valence-electron chi connectivity index (χ2n) is 17.3. The average Bonchev–Trinajstić information content (AvgIpc) is 3.66. The Morgan fingerprint density at radius 3 is 1.64 bits per heavy atom. The Balaban J connectivity index is 1.11. The van der Waals surface area contributed by atoms with Gasteiger partial charge in [0, 0.05) is 27.8 Å². The highest BCUT2D eigenvalue weighted by Gasteiger charge is 2.37. The van der Waals surface area contributed by atoms with E-state index in [2.05, 4.69) is 233 Å². The van der Waals surface area contributed by atoms with E-state index in [0.29, 0.717) is 0 Å². The Hall–Kier alpha value is -6.96. The molecule has 0 radical (unpaired) electrons. The zero-order chi connectivity index (χ0) is 39.9. The van der Waals surface area contributed by atoms with Gasteiger partial charge in [-0.05, 0) is 119 Å². The Kier molecular flexibility index (Phi) is 7.94. The van der Waals surface area contributed by atoms with Crippen LogP contribution in [-0.2, 0) is 10.8 Å². The minimum Gasteiger partial charge on any atom is -0.310 e. The summed E-state index contributed by atoms with van der Waals surface area (Å²) in [5.74, 6) is 0. The van der Waals surface area contributed by atoms with E-state index in [1.54, 1.807) is 0 Å². The molecule has 0 saturated heterocycles. The van der Waals surface area contributed by atoms with Gasteiger partial charge in [-0.3, -0.25) is 0 Å². The zero-order valence-electron chi connectivity index (χ0n) is 34.0. The predicted octanol–water partition coefficient (Wildman–Crippen LogP) is 15.9. The fourth-order valence-corrected chi connectivity index (χ4v) is 10.3. The molecule has 282 valence electrons. The second-order valence-corrected chi connectivity index (χ2v) is 17.3. The van der Waals surface area contributed by atoms with E-state index in [-0.39, 0.29) is 10.8 Å². The van der Waals surface area contributed by atoms with Crippen LogP contribution in [0, 0.1) is 0 Å². The van der Waals surface area contributed by atoms with E-state index in [4.69, 9.17) is 0 Å². The van der Waals surface area contributed by atoms with Gasteiger partial charge in [0.2, 0.25) is 0 Å². The van der Waals surface area contributed by atoms with E-state index in [9.17, 15) is 0 Å². The lowest BCUT2D eigenvalue weighted by molar-refractivity contribution is 0.660. The van der Waals surface area contributed by atoms with Gasteiger partial charge in [-0.2, -0.15) is 0 Å². The summed E-state index contributed by atoms with van der Waals surface area (Å²) in [4.78, 5) is 2.48. The SMILES string of the molecule is CC1(C)c2ccccc2-c2ccc(-c3cccc(N(c4cccc(-c5cccc6ccccc56)c4)c4ccccc4-c4cccc5c4-c4ccccc4C5(C)C)c3)cc21. The summed E-state index contributed by atoms with van der Waals surface area (Å²) < 4.78 is 0. The van der Waals surface area contributed by atoms with Crippen molar-refractivity contribution in [3.63, 3.8) is 0 Å². The highest BCUT2D eigenvalue weighted by Crippen LogP contribution is 2.54. The highest BCUT2D eigenvalue weighted by molar-refractivity contribution is 6.00. The van der Waals surface area contributed by atoms with Crippen molar-refractivity contribution in [2.24, 2.45) is 0 Å². The fraction of sp³-hybridized carbons (Fsp3) is 0.103. The molecule has 1 nitrogen and oxygen atoms in total. The number of benzene rings is 9. The number of nitrogens with zero attached hydrogens (tertiary/aromatic N) is 1. The predicted molar refractivity (Wildman–Crippen MR) is 250 cm³/mol. The molecule has 0 heterocycles. The van der Waals surface area contributed by atoms with E-state index in [1.165, 1.54) is 88.7 Å². The molecular weight excluding hydrogens is 711 g/mol. The first kappa shape index (κ1) is 35.2. The van der Waals surface area contributed by atoms with Gasteiger partial charge < -0.3 is 4.90 Å². The van der Waals surface area contributed by atoms with Crippen LogP contribution in [0.5, 0.6) is 0 Å². The minimum atomic E-state index is -0.0938. The van der Waals surface area contributed by atoms with E-state index in [1.807, 2.05) is 0 Å². The molecule has 0 atom stereocenters. The minimum absolute atomic E-state index is 0.0737. The number of fused-ring (bicyclic) bond motifs is 7. The lowest BCUT2D eigenvalue weighted by Gasteiger charge is -2.29. The monoisotopic (exact) mass is 755 g/mol. The Labute approximate surface area is 347 Å². The largest absolute Gasteiger partial charge is 0.310 e. The maximum Gasteiger partial charge on any atom is 0.0540 e. The molecule has 0 spiro atoms. The summed E-state index contributed by atoms with van der Waals surface area (Å²) >= 11 is 0. The molecule has 0 bridgehead atoms. The van der Waals surface area contributed by atoms with Crippen molar-refractivity contribution in [3.05, 3.63) is 222 Å². The topological polar surface area (TPSA) is 3.24 Å². The van der Waals surface area contributed by atoms with Gasteiger partial charge in [-0.15, -0.1) is 0 Å². The van der Waals surface area contributed by atoms with Crippen LogP contribution in [0.25, 0.3) is 66.4 Å². The average molecular weight is 756 g/mol. The third kappa shape index (κ3) is 5.45. The van der Waals surface area contributed by atoms with Crippen molar-refractivity contribution in [1.29, 1.82) is 0 Å². The van der Waals surface area contributed by atoms with Crippen molar-refractivity contribution in [3.8, 4) is 55.6 Å². The van der Waals surface area contributed by atoms with Crippen LogP contribution < -0.4 is 4.90 Å². The van der Waals surface area contributed by atoms with E-state index >= 15 is 0 Å². The Bertz CT molecular complexity index is 3120. The van der Waals surface area contributed by atoms with Crippen LogP contribution in [0.3, 0.4) is 0 Å². The van der Waals surface area contributed by atoms with Crippen LogP contribution in [0.4, 0.5) is 17.1 Å². The number of anilines is 3. The molecule has 11 rings (SSSR count). The van der Waals surface area contributed by atoms with Gasteiger partial charge in [0.15, 0.2) is 0 Å². The Morgan fingerprint density at radius 2 is 0.831 bits per heavy atom. The van der Waals surface area contributed by atoms with Crippen LogP contribution in [0.1, 0.15) is 49.9 Å². The smallest absolute Gasteiger partial charge is 0.0540 e. The molecule has 0 aliphatic heterocycles. The molecule has 0 fully saturated rings. The van der Waals surface area contributed by atoms with Gasteiger partial charge in [-0.25, -0.2) is 0 Å². The summed E-state index contributed by atoms with van der Waals surface area (Å²) in [5, 5.41) is 2.50. The lowest BCUT2D eigenvalue weighted by atomic mass is 9.81. The van der Waals surface area contributed by atoms with E-state index in [0.717, 1.165) is 17.1 Å². The molecule has 9 aromatic carbocycles. The molecule has 2 aliphatic carbocycles. The first-order chi connectivity index (χ1) is 28.8. The normalized spacial score (nSPS) is 14.0. The third-order valence-corrected chi connectivity index (χ3v) is 13.3. The maximum atomic E-state index is 2.48. The Morgan fingerprint density at radius 1 is 0.322 bits per heavy atom. The molecule has 9 aromatic rings. The van der Waals surface area contributed by atoms with Gasteiger partial charge in [0.1, 0.15) is 0 Å². The van der Waals surface area contributed by atoms with Gasteiger partial charge in [-0.1, -0.05) is 191 Å². The first-order valence-corrected chi connectivity index (χ1v) is 20.8. The molecule has 0 saturated carbocycles. The standard InChI is InChI=1S/C58H45N/c1-57(2)52-30-11-8-26-50(52)56-49(28-16-31-53(56)57)48-25-9-12-32-55(48)59(43-22-14-20-41(36-43)45-27-15-18-38-17-5-6-23-44(38)45)42-21-13-19-39(35-42)40-33-34-47-46-24-7-10-29-51(46)58(3,4)54(47)37-40/h5-37H,1-4H3. The number of rotatable bonds is 6. The van der Waals surface area contributed by atoms with Gasteiger partial charge >= 0.3 is 0 Å². The van der Waals surface area contributed by atoms with Crippen molar-refractivity contribution >= 4 is 27.8 Å². The molecule has 0 aromatic heterocycles. The highest BCUT2D eigenvalue weighted by atomic mass is 15.1. The van der Waals surface area contributed by atoms with Gasteiger partial charge in [0.25, 0.3) is 0 Å². The molecule has 59 heavy (non-hydrogen) atoms. The second kappa shape index (κ2) is 13.3. The van der Waals surface area contributed by atoms with E-state index < -0.39 is 0 Å². The van der Waals surface area contributed by atoms with Crippen molar-refractivity contribution in [1.82, 2.24) is 0 Å². The van der Waals surface area contributed by atoms with Crippen molar-refractivity contribution < 1.29 is 0 Å². The maximum absolute atomic E-state index is 2.48. The third-order valence-electron chi connectivity index (χ3n) is 13.3. The summed E-state index contributed by atoms with van der Waals surface area (Å²) in [6.45, 7) is 9.45. The van der Waals surface area contributed by atoms with Crippen LogP contribution in [0.2, 0.25) is 0 Å². The fourth-order valence-electron chi connectivity index (χ4n) is 10.3. The summed E-state index contributed by atoms with van der Waals surface area (Å²) in [6, 6.07) is 74.4. The number of para-hydroxylation sites is 1. The molecule has 1 heteroatoms. The van der Waals surface area contributed by atoms with Crippen LogP contribution in [-0.4, -0.2) is 0 Å². The van der Waals surface area contributed by atoms with Crippen molar-refractivity contribution in [2.45, 2.75) is 38.5 Å². The number of hydrogen-bond donors (Lipinski definition) is 0. The summed E-state index contributed by atoms with van der Waals surface area (Å²) in [7, 11) is 0. The zero-order valence-corrected chi connectivity index (χ0v) is 34.0. The van der Waals surface area contributed by atoms with Gasteiger partial charge in [0.05, 0.1) is 5.69 Å². The quantitative estimate of drug-likeness (QED) is 0.163. The van der Waals surface area contributed by atoms with Crippen LogP contribution in [0.15, 0.2) is 200 Å². The summed E-state index contributed by atoms with van der Waals surface area (Å²) in [6.07, 6.45) is 0. The molecule has 0 amide bonds. The van der Waals surface area contributed by atoms with Crippen LogP contribution >= 0.6 is 0 Å². The molecule has 2 aliphatic rings. The van der Waals surface area contributed by atoms with Crippen molar-refractivity contribution in [2.75, 3.05) is 4.90 Å². The molecule has 0 unspecified atom stereocenters. The first-order valence-electron chi connectivity index (χ1n) is 20.8.